The molecule has 1 unspecified atom stereocenters. The van der Waals surface area contributed by atoms with Crippen molar-refractivity contribution in [3.8, 4) is 11.3 Å². The minimum atomic E-state index is -0.0189. The Hall–Kier alpha value is -2.07. The highest BCUT2D eigenvalue weighted by Gasteiger charge is 2.27. The van der Waals surface area contributed by atoms with Crippen LogP contribution >= 0.6 is 0 Å². The lowest BCUT2D eigenvalue weighted by Gasteiger charge is -2.33. The summed E-state index contributed by atoms with van der Waals surface area (Å²) >= 11 is 0. The number of carbonyl (C=O) groups is 1. The summed E-state index contributed by atoms with van der Waals surface area (Å²) in [5, 5.41) is 0. The molecule has 0 bridgehead atoms. The van der Waals surface area contributed by atoms with E-state index < -0.39 is 0 Å². The Labute approximate surface area is 143 Å². The standard InChI is InChI=1S/C20H26N2O2/c1-3-15-4-6-17(7-5-15)18-8-9-19(24-18)20(23)22-12-10-16(11-13-22)14(2)21/h4-9,14,16H,3,10-13,21H2,1-2H3. The van der Waals surface area contributed by atoms with Crippen molar-refractivity contribution in [1.29, 1.82) is 0 Å². The van der Waals surface area contributed by atoms with Gasteiger partial charge in [-0.3, -0.25) is 4.79 Å². The SMILES string of the molecule is CCc1ccc(-c2ccc(C(=O)N3CCC(C(C)N)CC3)o2)cc1. The van der Waals surface area contributed by atoms with Crippen LogP contribution in [-0.2, 0) is 6.42 Å². The van der Waals surface area contributed by atoms with Crippen molar-refractivity contribution in [2.24, 2.45) is 11.7 Å². The third-order valence-corrected chi connectivity index (χ3v) is 5.03. The molecule has 1 aromatic carbocycles. The fraction of sp³-hybridized carbons (Fsp3) is 0.450. The van der Waals surface area contributed by atoms with Crippen LogP contribution in [0.25, 0.3) is 11.3 Å². The molecule has 1 fully saturated rings. The number of amides is 1. The zero-order valence-electron chi connectivity index (χ0n) is 14.5. The molecule has 128 valence electrons. The Balaban J connectivity index is 1.67. The van der Waals surface area contributed by atoms with Crippen LogP contribution in [0.15, 0.2) is 40.8 Å². The van der Waals surface area contributed by atoms with E-state index >= 15 is 0 Å². The zero-order chi connectivity index (χ0) is 17.1. The summed E-state index contributed by atoms with van der Waals surface area (Å²) in [4.78, 5) is 14.5. The van der Waals surface area contributed by atoms with Crippen molar-refractivity contribution < 1.29 is 9.21 Å². The number of nitrogens with zero attached hydrogens (tertiary/aromatic N) is 1. The van der Waals surface area contributed by atoms with E-state index in [4.69, 9.17) is 10.2 Å². The molecule has 2 N–H and O–H groups in total. The highest BCUT2D eigenvalue weighted by atomic mass is 16.4. The quantitative estimate of drug-likeness (QED) is 0.932. The second kappa shape index (κ2) is 7.22. The molecule has 1 aliphatic rings. The van der Waals surface area contributed by atoms with Crippen LogP contribution < -0.4 is 5.73 Å². The van der Waals surface area contributed by atoms with Crippen LogP contribution in [0.3, 0.4) is 0 Å². The van der Waals surface area contributed by atoms with Gasteiger partial charge >= 0.3 is 0 Å². The molecule has 1 aliphatic heterocycles. The third kappa shape index (κ3) is 3.54. The van der Waals surface area contributed by atoms with Crippen molar-refractivity contribution in [2.75, 3.05) is 13.1 Å². The zero-order valence-corrected chi connectivity index (χ0v) is 14.5. The minimum Gasteiger partial charge on any atom is -0.451 e. The van der Waals surface area contributed by atoms with Gasteiger partial charge in [0.2, 0.25) is 0 Å². The highest BCUT2D eigenvalue weighted by molar-refractivity contribution is 5.92. The number of nitrogens with two attached hydrogens (primary N) is 1. The van der Waals surface area contributed by atoms with E-state index in [1.165, 1.54) is 5.56 Å². The fourth-order valence-electron chi connectivity index (χ4n) is 3.30. The first kappa shape index (κ1) is 16.8. The maximum absolute atomic E-state index is 12.6. The van der Waals surface area contributed by atoms with Crippen LogP contribution in [0.5, 0.6) is 0 Å². The average Bonchev–Trinajstić information content (AvgIpc) is 3.11. The molecule has 1 aromatic heterocycles. The van der Waals surface area contributed by atoms with E-state index in [1.54, 1.807) is 6.07 Å². The average molecular weight is 326 g/mol. The van der Waals surface area contributed by atoms with Gasteiger partial charge in [-0.25, -0.2) is 0 Å². The van der Waals surface area contributed by atoms with Crippen LogP contribution in [0.2, 0.25) is 0 Å². The molecule has 0 saturated carbocycles. The fourth-order valence-corrected chi connectivity index (χ4v) is 3.30. The second-order valence-corrected chi connectivity index (χ2v) is 6.70. The van der Waals surface area contributed by atoms with Crippen LogP contribution in [0, 0.1) is 5.92 Å². The lowest BCUT2D eigenvalue weighted by molar-refractivity contribution is 0.0650. The maximum atomic E-state index is 12.6. The normalized spacial score (nSPS) is 17.0. The van der Waals surface area contributed by atoms with Gasteiger partial charge in [-0.2, -0.15) is 0 Å². The summed E-state index contributed by atoms with van der Waals surface area (Å²) in [7, 11) is 0. The number of rotatable bonds is 4. The highest BCUT2D eigenvalue weighted by Crippen LogP contribution is 2.25. The summed E-state index contributed by atoms with van der Waals surface area (Å²) in [6.45, 7) is 5.69. The summed E-state index contributed by atoms with van der Waals surface area (Å²) in [5.74, 6) is 1.66. The van der Waals surface area contributed by atoms with Gasteiger partial charge < -0.3 is 15.1 Å². The lowest BCUT2D eigenvalue weighted by Crippen LogP contribution is -2.42. The van der Waals surface area contributed by atoms with Crippen molar-refractivity contribution in [3.63, 3.8) is 0 Å². The van der Waals surface area contributed by atoms with Gasteiger partial charge in [0.05, 0.1) is 0 Å². The third-order valence-electron chi connectivity index (χ3n) is 5.03. The van der Waals surface area contributed by atoms with E-state index in [0.717, 1.165) is 43.7 Å². The van der Waals surface area contributed by atoms with Crippen molar-refractivity contribution in [2.45, 2.75) is 39.2 Å². The van der Waals surface area contributed by atoms with Gasteiger partial charge in [-0.1, -0.05) is 31.2 Å². The predicted molar refractivity (Wildman–Crippen MR) is 95.8 cm³/mol. The Kier molecular flexibility index (Phi) is 5.05. The number of furan rings is 1. The Morgan fingerprint density at radius 1 is 1.21 bits per heavy atom. The number of aryl methyl sites for hydroxylation is 1. The number of benzene rings is 1. The molecule has 0 aliphatic carbocycles. The number of carbonyl (C=O) groups excluding carboxylic acids is 1. The van der Waals surface area contributed by atoms with Crippen LogP contribution in [0.1, 0.15) is 42.8 Å². The molecule has 1 amide bonds. The van der Waals surface area contributed by atoms with E-state index in [2.05, 4.69) is 19.1 Å². The Morgan fingerprint density at radius 3 is 2.46 bits per heavy atom. The first-order valence-electron chi connectivity index (χ1n) is 8.82. The molecular weight excluding hydrogens is 300 g/mol. The number of piperidine rings is 1. The smallest absolute Gasteiger partial charge is 0.289 e. The molecule has 0 radical (unpaired) electrons. The molecule has 1 saturated heterocycles. The molecule has 24 heavy (non-hydrogen) atoms. The van der Waals surface area contributed by atoms with Gasteiger partial charge in [0, 0.05) is 24.7 Å². The molecule has 0 spiro atoms. The molecule has 1 atom stereocenters. The number of hydrogen-bond donors (Lipinski definition) is 1. The van der Waals surface area contributed by atoms with Crippen molar-refractivity contribution >= 4 is 5.91 Å². The van der Waals surface area contributed by atoms with Gasteiger partial charge in [0.25, 0.3) is 5.91 Å². The topological polar surface area (TPSA) is 59.5 Å². The van der Waals surface area contributed by atoms with Gasteiger partial charge in [-0.05, 0) is 49.8 Å². The molecule has 4 nitrogen and oxygen atoms in total. The molecule has 2 heterocycles. The largest absolute Gasteiger partial charge is 0.451 e. The summed E-state index contributed by atoms with van der Waals surface area (Å²) in [6, 6.07) is 12.1. The van der Waals surface area contributed by atoms with E-state index in [1.807, 2.05) is 30.0 Å². The second-order valence-electron chi connectivity index (χ2n) is 6.70. The summed E-state index contributed by atoms with van der Waals surface area (Å²) < 4.78 is 5.82. The number of hydrogen-bond acceptors (Lipinski definition) is 3. The van der Waals surface area contributed by atoms with E-state index in [0.29, 0.717) is 11.7 Å². The van der Waals surface area contributed by atoms with Crippen molar-refractivity contribution in [3.05, 3.63) is 47.7 Å². The Morgan fingerprint density at radius 2 is 1.88 bits per heavy atom. The molecule has 3 rings (SSSR count). The van der Waals surface area contributed by atoms with Crippen LogP contribution in [0.4, 0.5) is 0 Å². The van der Waals surface area contributed by atoms with E-state index in [-0.39, 0.29) is 11.9 Å². The van der Waals surface area contributed by atoms with Gasteiger partial charge in [0.15, 0.2) is 5.76 Å². The van der Waals surface area contributed by atoms with Gasteiger partial charge in [0.1, 0.15) is 5.76 Å². The molecule has 2 aromatic rings. The lowest BCUT2D eigenvalue weighted by atomic mass is 9.91. The first-order chi connectivity index (χ1) is 11.6. The predicted octanol–water partition coefficient (Wildman–Crippen LogP) is 3.71. The molecule has 4 heteroatoms. The monoisotopic (exact) mass is 326 g/mol. The van der Waals surface area contributed by atoms with Gasteiger partial charge in [-0.15, -0.1) is 0 Å². The molecular formula is C20H26N2O2. The van der Waals surface area contributed by atoms with Crippen LogP contribution in [-0.4, -0.2) is 29.9 Å². The summed E-state index contributed by atoms with van der Waals surface area (Å²) in [5.41, 5.74) is 8.26. The maximum Gasteiger partial charge on any atom is 0.289 e. The Bertz CT molecular complexity index is 680. The van der Waals surface area contributed by atoms with E-state index in [9.17, 15) is 4.79 Å². The first-order valence-corrected chi connectivity index (χ1v) is 8.82. The minimum absolute atomic E-state index is 0.0189. The van der Waals surface area contributed by atoms with Crippen molar-refractivity contribution in [1.82, 2.24) is 4.90 Å². The number of likely N-dealkylation sites (tertiary alicyclic amines) is 1. The summed E-state index contributed by atoms with van der Waals surface area (Å²) in [6.07, 6.45) is 2.95.